The van der Waals surface area contributed by atoms with Gasteiger partial charge in [-0.15, -0.1) is 26.3 Å². The highest BCUT2D eigenvalue weighted by atomic mass is 28.5. The van der Waals surface area contributed by atoms with E-state index in [1.807, 2.05) is 22.8 Å². The summed E-state index contributed by atoms with van der Waals surface area (Å²) in [5, 5.41) is 0. The highest BCUT2D eigenvalue weighted by Gasteiger charge is 2.58. The third-order valence-electron chi connectivity index (χ3n) is 5.02. The number of hydrogen-bond acceptors (Lipinski definition) is 4. The van der Waals surface area contributed by atoms with Gasteiger partial charge in [-0.05, 0) is 24.2 Å². The molecule has 0 saturated carbocycles. The van der Waals surface area contributed by atoms with Crippen molar-refractivity contribution in [1.82, 2.24) is 0 Å². The SMILES string of the molecule is C=C[Si]1(CCC)O[Si](C=C)(CCC)O[Si](C=C)(CCC)O[Si](C=C)(CCC)O1. The standard InChI is InChI=1S/C20H40O4Si4/c1-9-17-25(13-5)21-26(14-6,18-10-2)23-28(16-8,20-12-4)24-27(15-7,22-25)19-11-3/h13-16H,5-12,17-20H2,1-4H3. The molecule has 0 aromatic carbocycles. The zero-order chi connectivity index (χ0) is 21.3. The third-order valence-corrected chi connectivity index (χ3v) is 23.4. The molecule has 4 nitrogen and oxygen atoms in total. The zero-order valence-corrected chi connectivity index (χ0v) is 22.4. The molecule has 0 N–H and O–H groups in total. The van der Waals surface area contributed by atoms with E-state index in [-0.39, 0.29) is 0 Å². The van der Waals surface area contributed by atoms with E-state index in [1.165, 1.54) is 0 Å². The van der Waals surface area contributed by atoms with Crippen LogP contribution in [0.2, 0.25) is 24.2 Å². The predicted molar refractivity (Wildman–Crippen MR) is 129 cm³/mol. The molecule has 0 amide bonds. The molecular weight excluding hydrogens is 417 g/mol. The summed E-state index contributed by atoms with van der Waals surface area (Å²) in [5.74, 6) is 0. The first-order valence-electron chi connectivity index (χ1n) is 10.7. The van der Waals surface area contributed by atoms with Crippen molar-refractivity contribution >= 4 is 34.2 Å². The summed E-state index contributed by atoms with van der Waals surface area (Å²) in [6.45, 7) is 25.1. The van der Waals surface area contributed by atoms with Gasteiger partial charge in [0.05, 0.1) is 0 Å². The lowest BCUT2D eigenvalue weighted by Gasteiger charge is -2.50. The van der Waals surface area contributed by atoms with Crippen molar-refractivity contribution in [1.29, 1.82) is 0 Å². The third kappa shape index (κ3) is 5.85. The van der Waals surface area contributed by atoms with Gasteiger partial charge >= 0.3 is 34.2 Å². The fourth-order valence-corrected chi connectivity index (χ4v) is 24.9. The Morgan fingerprint density at radius 2 is 0.643 bits per heavy atom. The molecule has 0 radical (unpaired) electrons. The monoisotopic (exact) mass is 456 g/mol. The summed E-state index contributed by atoms with van der Waals surface area (Å²) in [6.07, 6.45) is 3.83. The second-order valence-electron chi connectivity index (χ2n) is 7.47. The van der Waals surface area contributed by atoms with E-state index in [2.05, 4.69) is 54.0 Å². The van der Waals surface area contributed by atoms with Gasteiger partial charge in [-0.3, -0.25) is 0 Å². The number of hydrogen-bond donors (Lipinski definition) is 0. The summed E-state index contributed by atoms with van der Waals surface area (Å²) in [4.78, 5) is 0. The molecule has 0 aromatic rings. The minimum Gasteiger partial charge on any atom is -0.409 e. The molecule has 1 fully saturated rings. The fourth-order valence-electron chi connectivity index (χ4n) is 3.80. The fraction of sp³-hybridized carbons (Fsp3) is 0.600. The van der Waals surface area contributed by atoms with E-state index < -0.39 is 34.2 Å². The quantitative estimate of drug-likeness (QED) is 0.319. The highest BCUT2D eigenvalue weighted by molar-refractivity contribution is 6.99. The van der Waals surface area contributed by atoms with Crippen LogP contribution in [0.1, 0.15) is 53.4 Å². The predicted octanol–water partition coefficient (Wildman–Crippen LogP) is 6.38. The van der Waals surface area contributed by atoms with Gasteiger partial charge in [0.1, 0.15) is 0 Å². The summed E-state index contributed by atoms with van der Waals surface area (Å²) in [5.41, 5.74) is 7.70. The molecule has 0 unspecified atom stereocenters. The first-order valence-corrected chi connectivity index (χ1v) is 19.1. The van der Waals surface area contributed by atoms with E-state index in [9.17, 15) is 0 Å². The van der Waals surface area contributed by atoms with Crippen molar-refractivity contribution in [2.75, 3.05) is 0 Å². The first-order chi connectivity index (χ1) is 13.3. The van der Waals surface area contributed by atoms with Crippen molar-refractivity contribution in [2.45, 2.75) is 77.6 Å². The van der Waals surface area contributed by atoms with Crippen LogP contribution in [0.3, 0.4) is 0 Å². The average Bonchev–Trinajstić information content (AvgIpc) is 2.67. The molecule has 1 aliphatic rings. The Morgan fingerprint density at radius 3 is 0.750 bits per heavy atom. The molecule has 0 atom stereocenters. The molecule has 160 valence electrons. The largest absolute Gasteiger partial charge is 0.409 e. The lowest BCUT2D eigenvalue weighted by molar-refractivity contribution is 0.234. The molecule has 1 rings (SSSR count). The number of rotatable bonds is 12. The Balaban J connectivity index is 3.65. The van der Waals surface area contributed by atoms with E-state index in [4.69, 9.17) is 16.5 Å². The van der Waals surface area contributed by atoms with Crippen molar-refractivity contribution < 1.29 is 16.5 Å². The van der Waals surface area contributed by atoms with Gasteiger partial charge in [0, 0.05) is 0 Å². The van der Waals surface area contributed by atoms with Gasteiger partial charge in [0.2, 0.25) is 0 Å². The van der Waals surface area contributed by atoms with Crippen molar-refractivity contribution in [3.8, 4) is 0 Å². The first kappa shape index (κ1) is 25.7. The van der Waals surface area contributed by atoms with Gasteiger partial charge in [-0.2, -0.15) is 0 Å². The van der Waals surface area contributed by atoms with Crippen LogP contribution in [0.25, 0.3) is 0 Å². The maximum atomic E-state index is 6.94. The Morgan fingerprint density at radius 1 is 0.464 bits per heavy atom. The highest BCUT2D eigenvalue weighted by Crippen LogP contribution is 2.40. The van der Waals surface area contributed by atoms with E-state index in [1.54, 1.807) is 0 Å². The Bertz CT molecular complexity index is 448. The molecule has 0 bridgehead atoms. The zero-order valence-electron chi connectivity index (χ0n) is 18.4. The van der Waals surface area contributed by atoms with Crippen LogP contribution < -0.4 is 0 Å². The Kier molecular flexibility index (Phi) is 10.2. The lowest BCUT2D eigenvalue weighted by atomic mass is 10.6. The van der Waals surface area contributed by atoms with E-state index >= 15 is 0 Å². The van der Waals surface area contributed by atoms with Crippen molar-refractivity contribution in [3.63, 3.8) is 0 Å². The topological polar surface area (TPSA) is 36.9 Å². The van der Waals surface area contributed by atoms with Crippen LogP contribution in [0.4, 0.5) is 0 Å². The molecule has 28 heavy (non-hydrogen) atoms. The van der Waals surface area contributed by atoms with Gasteiger partial charge in [-0.1, -0.05) is 76.2 Å². The summed E-state index contributed by atoms with van der Waals surface area (Å²) in [6, 6.07) is 3.33. The smallest absolute Gasteiger partial charge is 0.347 e. The normalized spacial score (nSPS) is 36.1. The van der Waals surface area contributed by atoms with E-state index in [0.29, 0.717) is 0 Å². The summed E-state index contributed by atoms with van der Waals surface area (Å²) in [7, 11) is -11.0. The van der Waals surface area contributed by atoms with Gasteiger partial charge in [-0.25, -0.2) is 0 Å². The maximum Gasteiger partial charge on any atom is 0.347 e. The molecule has 0 aromatic heterocycles. The summed E-state index contributed by atoms with van der Waals surface area (Å²) < 4.78 is 27.8. The summed E-state index contributed by atoms with van der Waals surface area (Å²) >= 11 is 0. The molecule has 0 spiro atoms. The minimum atomic E-state index is -2.74. The maximum absolute atomic E-state index is 6.94. The van der Waals surface area contributed by atoms with Crippen LogP contribution >= 0.6 is 0 Å². The Labute approximate surface area is 177 Å². The molecule has 1 aliphatic heterocycles. The van der Waals surface area contributed by atoms with Crippen LogP contribution in [-0.4, -0.2) is 34.2 Å². The van der Waals surface area contributed by atoms with Crippen LogP contribution in [0, 0.1) is 0 Å². The van der Waals surface area contributed by atoms with Crippen LogP contribution in [-0.2, 0) is 16.5 Å². The molecular formula is C20H40O4Si4. The molecule has 1 heterocycles. The lowest BCUT2D eigenvalue weighted by Crippen LogP contribution is -2.68. The van der Waals surface area contributed by atoms with Crippen molar-refractivity contribution in [3.05, 3.63) is 49.1 Å². The van der Waals surface area contributed by atoms with Gasteiger partial charge < -0.3 is 16.5 Å². The van der Waals surface area contributed by atoms with Crippen LogP contribution in [0.5, 0.6) is 0 Å². The van der Waals surface area contributed by atoms with Crippen molar-refractivity contribution in [2.24, 2.45) is 0 Å². The average molecular weight is 457 g/mol. The van der Waals surface area contributed by atoms with Crippen LogP contribution in [0.15, 0.2) is 49.1 Å². The molecule has 0 aliphatic carbocycles. The molecule has 8 heteroatoms. The second kappa shape index (κ2) is 11.2. The Hall–Kier alpha value is -0.332. The van der Waals surface area contributed by atoms with Gasteiger partial charge in [0.15, 0.2) is 0 Å². The second-order valence-corrected chi connectivity index (χ2v) is 20.9. The van der Waals surface area contributed by atoms with E-state index in [0.717, 1.165) is 49.9 Å². The molecule has 1 saturated heterocycles. The van der Waals surface area contributed by atoms with Gasteiger partial charge in [0.25, 0.3) is 0 Å². The minimum absolute atomic E-state index is 0.832.